The van der Waals surface area contributed by atoms with Crippen molar-refractivity contribution in [1.82, 2.24) is 9.97 Å². The second kappa shape index (κ2) is 4.58. The molecule has 1 aromatic heterocycles. The third kappa shape index (κ3) is 2.64. The second-order valence-electron chi connectivity index (χ2n) is 4.74. The molecule has 0 bridgehead atoms. The number of rotatable bonds is 5. The summed E-state index contributed by atoms with van der Waals surface area (Å²) in [6.45, 7) is 4.91. The molecule has 0 spiro atoms. The molecule has 0 atom stereocenters. The van der Waals surface area contributed by atoms with Crippen LogP contribution in [0.1, 0.15) is 30.7 Å². The molecule has 0 aliphatic heterocycles. The molecule has 1 aliphatic rings. The van der Waals surface area contributed by atoms with Gasteiger partial charge in [0.15, 0.2) is 0 Å². The Hall–Kier alpha value is -0.830. The van der Waals surface area contributed by atoms with Crippen molar-refractivity contribution in [3.05, 3.63) is 17.6 Å². The van der Waals surface area contributed by atoms with Gasteiger partial charge in [0, 0.05) is 18.6 Å². The Kier molecular flexibility index (Phi) is 3.33. The fraction of sp³-hybridized carbons (Fsp3) is 0.667. The third-order valence-electron chi connectivity index (χ3n) is 3.29. The van der Waals surface area contributed by atoms with E-state index in [0.717, 1.165) is 36.1 Å². The van der Waals surface area contributed by atoms with Crippen molar-refractivity contribution in [1.29, 1.82) is 0 Å². The van der Waals surface area contributed by atoms with Crippen LogP contribution in [0.3, 0.4) is 0 Å². The van der Waals surface area contributed by atoms with Crippen LogP contribution in [0.2, 0.25) is 0 Å². The normalized spacial score (nSPS) is 17.2. The first-order valence-corrected chi connectivity index (χ1v) is 6.29. The minimum absolute atomic E-state index is 0.430. The molecule has 1 N–H and O–H groups in total. The summed E-state index contributed by atoms with van der Waals surface area (Å²) in [4.78, 5) is 8.75. The van der Waals surface area contributed by atoms with Crippen molar-refractivity contribution in [3.8, 4) is 0 Å². The molecule has 1 heterocycles. The average molecular weight is 240 g/mol. The summed E-state index contributed by atoms with van der Waals surface area (Å²) in [5, 5.41) is 3.41. The zero-order valence-corrected chi connectivity index (χ0v) is 10.6. The SMILES string of the molecule is Cc1cnc(C)c(NCC2(CCCl)CC2)n1. The molecule has 3 nitrogen and oxygen atoms in total. The van der Waals surface area contributed by atoms with E-state index >= 15 is 0 Å². The maximum atomic E-state index is 5.81. The van der Waals surface area contributed by atoms with E-state index in [1.165, 1.54) is 12.8 Å². The molecule has 16 heavy (non-hydrogen) atoms. The number of halogens is 1. The Morgan fingerprint density at radius 2 is 2.19 bits per heavy atom. The third-order valence-corrected chi connectivity index (χ3v) is 3.48. The average Bonchev–Trinajstić information content (AvgIpc) is 3.01. The van der Waals surface area contributed by atoms with Crippen LogP contribution in [0.15, 0.2) is 6.20 Å². The highest BCUT2D eigenvalue weighted by molar-refractivity contribution is 6.17. The molecule has 1 fully saturated rings. The summed E-state index contributed by atoms with van der Waals surface area (Å²) >= 11 is 5.81. The second-order valence-corrected chi connectivity index (χ2v) is 5.12. The number of anilines is 1. The first-order valence-electron chi connectivity index (χ1n) is 5.75. The topological polar surface area (TPSA) is 37.8 Å². The van der Waals surface area contributed by atoms with Crippen molar-refractivity contribution >= 4 is 17.4 Å². The van der Waals surface area contributed by atoms with Gasteiger partial charge in [0.1, 0.15) is 5.82 Å². The highest BCUT2D eigenvalue weighted by Gasteiger charge is 2.41. The minimum Gasteiger partial charge on any atom is -0.368 e. The number of alkyl halides is 1. The van der Waals surface area contributed by atoms with Crippen LogP contribution in [0.4, 0.5) is 5.82 Å². The van der Waals surface area contributed by atoms with E-state index in [9.17, 15) is 0 Å². The smallest absolute Gasteiger partial charge is 0.147 e. The van der Waals surface area contributed by atoms with Crippen LogP contribution < -0.4 is 5.32 Å². The van der Waals surface area contributed by atoms with Crippen molar-refractivity contribution in [3.63, 3.8) is 0 Å². The Balaban J connectivity index is 1.97. The van der Waals surface area contributed by atoms with E-state index in [1.807, 2.05) is 13.8 Å². The molecule has 1 aromatic rings. The first kappa shape index (κ1) is 11.6. The van der Waals surface area contributed by atoms with Crippen molar-refractivity contribution in [2.45, 2.75) is 33.1 Å². The van der Waals surface area contributed by atoms with Crippen molar-refractivity contribution < 1.29 is 0 Å². The monoisotopic (exact) mass is 239 g/mol. The Morgan fingerprint density at radius 1 is 1.44 bits per heavy atom. The van der Waals surface area contributed by atoms with Gasteiger partial charge in [0.05, 0.1) is 11.4 Å². The predicted octanol–water partition coefficient (Wildman–Crippen LogP) is 2.91. The summed E-state index contributed by atoms with van der Waals surface area (Å²) < 4.78 is 0. The van der Waals surface area contributed by atoms with Gasteiger partial charge in [0.2, 0.25) is 0 Å². The van der Waals surface area contributed by atoms with Gasteiger partial charge in [-0.1, -0.05) is 0 Å². The van der Waals surface area contributed by atoms with Crippen LogP contribution in [0.25, 0.3) is 0 Å². The number of nitrogens with zero attached hydrogens (tertiary/aromatic N) is 2. The van der Waals surface area contributed by atoms with Crippen LogP contribution in [0.5, 0.6) is 0 Å². The van der Waals surface area contributed by atoms with Crippen molar-refractivity contribution in [2.24, 2.45) is 5.41 Å². The Bertz CT molecular complexity index is 375. The van der Waals surface area contributed by atoms with E-state index in [0.29, 0.717) is 5.41 Å². The maximum Gasteiger partial charge on any atom is 0.147 e. The standard InChI is InChI=1S/C12H18ClN3/c1-9-7-14-10(2)11(16-9)15-8-12(3-4-12)5-6-13/h7H,3-6,8H2,1-2H3,(H,15,16). The maximum absolute atomic E-state index is 5.81. The van der Waals surface area contributed by atoms with Gasteiger partial charge < -0.3 is 5.32 Å². The fourth-order valence-electron chi connectivity index (χ4n) is 1.87. The van der Waals surface area contributed by atoms with E-state index in [1.54, 1.807) is 6.20 Å². The molecular formula is C12H18ClN3. The molecule has 0 unspecified atom stereocenters. The largest absolute Gasteiger partial charge is 0.368 e. The lowest BCUT2D eigenvalue weighted by Crippen LogP contribution is -2.17. The molecule has 88 valence electrons. The summed E-state index contributed by atoms with van der Waals surface area (Å²) in [6.07, 6.45) is 5.46. The number of aryl methyl sites for hydroxylation is 2. The van der Waals surface area contributed by atoms with Crippen LogP contribution >= 0.6 is 11.6 Å². The molecule has 1 aliphatic carbocycles. The van der Waals surface area contributed by atoms with Gasteiger partial charge in [-0.05, 0) is 38.5 Å². The van der Waals surface area contributed by atoms with E-state index in [2.05, 4.69) is 15.3 Å². The highest BCUT2D eigenvalue weighted by Crippen LogP contribution is 2.48. The van der Waals surface area contributed by atoms with Gasteiger partial charge in [-0.3, -0.25) is 4.98 Å². The molecule has 4 heteroatoms. The summed E-state index contributed by atoms with van der Waals surface area (Å²) in [6, 6.07) is 0. The Morgan fingerprint density at radius 3 is 2.81 bits per heavy atom. The molecule has 0 aromatic carbocycles. The van der Waals surface area contributed by atoms with Crippen LogP contribution in [-0.2, 0) is 0 Å². The van der Waals surface area contributed by atoms with E-state index < -0.39 is 0 Å². The molecule has 0 radical (unpaired) electrons. The molecule has 0 amide bonds. The molecular weight excluding hydrogens is 222 g/mol. The number of aromatic nitrogens is 2. The van der Waals surface area contributed by atoms with Gasteiger partial charge in [-0.25, -0.2) is 4.98 Å². The van der Waals surface area contributed by atoms with Gasteiger partial charge in [0.25, 0.3) is 0 Å². The van der Waals surface area contributed by atoms with Crippen LogP contribution in [0, 0.1) is 19.3 Å². The van der Waals surface area contributed by atoms with Gasteiger partial charge in [-0.15, -0.1) is 11.6 Å². The summed E-state index contributed by atoms with van der Waals surface area (Å²) in [7, 11) is 0. The lowest BCUT2D eigenvalue weighted by Gasteiger charge is -2.15. The number of hydrogen-bond donors (Lipinski definition) is 1. The van der Waals surface area contributed by atoms with Gasteiger partial charge >= 0.3 is 0 Å². The zero-order chi connectivity index (χ0) is 11.6. The summed E-state index contributed by atoms with van der Waals surface area (Å²) in [5.41, 5.74) is 2.35. The Labute approximate surface area is 102 Å². The first-order chi connectivity index (χ1) is 7.65. The summed E-state index contributed by atoms with van der Waals surface area (Å²) in [5.74, 6) is 1.67. The lowest BCUT2D eigenvalue weighted by atomic mass is 10.0. The predicted molar refractivity (Wildman–Crippen MR) is 67.0 cm³/mol. The zero-order valence-electron chi connectivity index (χ0n) is 9.89. The molecule has 0 saturated heterocycles. The highest BCUT2D eigenvalue weighted by atomic mass is 35.5. The fourth-order valence-corrected chi connectivity index (χ4v) is 2.27. The van der Waals surface area contributed by atoms with E-state index in [-0.39, 0.29) is 0 Å². The molecule has 1 saturated carbocycles. The minimum atomic E-state index is 0.430. The van der Waals surface area contributed by atoms with Crippen molar-refractivity contribution in [2.75, 3.05) is 17.7 Å². The number of hydrogen-bond acceptors (Lipinski definition) is 3. The number of nitrogens with one attached hydrogen (secondary N) is 1. The van der Waals surface area contributed by atoms with Crippen LogP contribution in [-0.4, -0.2) is 22.4 Å². The molecule has 2 rings (SSSR count). The van der Waals surface area contributed by atoms with E-state index in [4.69, 9.17) is 11.6 Å². The quantitative estimate of drug-likeness (QED) is 0.803. The van der Waals surface area contributed by atoms with Gasteiger partial charge in [-0.2, -0.15) is 0 Å². The lowest BCUT2D eigenvalue weighted by molar-refractivity contribution is 0.523.